The van der Waals surface area contributed by atoms with Gasteiger partial charge >= 0.3 is 0 Å². The number of hydrogen-bond acceptors (Lipinski definition) is 4. The molecule has 1 aromatic carbocycles. The zero-order valence-electron chi connectivity index (χ0n) is 16.9. The second kappa shape index (κ2) is 12.4. The number of aromatic nitrogens is 1. The molecule has 0 saturated heterocycles. The molecule has 2 rings (SSSR count). The highest BCUT2D eigenvalue weighted by Crippen LogP contribution is 2.14. The highest BCUT2D eigenvalue weighted by atomic mass is 127. The van der Waals surface area contributed by atoms with Crippen LogP contribution in [0.5, 0.6) is 0 Å². The van der Waals surface area contributed by atoms with E-state index in [4.69, 9.17) is 4.52 Å². The lowest BCUT2D eigenvalue weighted by atomic mass is 10.1. The van der Waals surface area contributed by atoms with Crippen molar-refractivity contribution in [2.24, 2.45) is 4.99 Å². The van der Waals surface area contributed by atoms with Crippen molar-refractivity contribution in [3.05, 3.63) is 52.9 Å². The number of rotatable bonds is 8. The molecule has 1 aromatic heterocycles. The van der Waals surface area contributed by atoms with Crippen LogP contribution in [0, 0.1) is 6.92 Å². The van der Waals surface area contributed by atoms with E-state index in [9.17, 15) is 4.79 Å². The van der Waals surface area contributed by atoms with E-state index in [0.717, 1.165) is 23.6 Å². The summed E-state index contributed by atoms with van der Waals surface area (Å²) in [6, 6.07) is 9.46. The van der Waals surface area contributed by atoms with Crippen LogP contribution in [-0.2, 0) is 6.54 Å². The Morgan fingerprint density at radius 1 is 1.18 bits per heavy atom. The average molecular weight is 499 g/mol. The Bertz CT molecular complexity index is 773. The molecule has 8 heteroatoms. The molecule has 0 saturated carbocycles. The molecule has 0 spiro atoms. The van der Waals surface area contributed by atoms with Crippen molar-refractivity contribution in [3.63, 3.8) is 0 Å². The lowest BCUT2D eigenvalue weighted by Gasteiger charge is -2.11. The molecular weight excluding hydrogens is 469 g/mol. The Kier molecular flexibility index (Phi) is 10.6. The molecule has 2 aromatic rings. The molecule has 7 nitrogen and oxygen atoms in total. The van der Waals surface area contributed by atoms with Crippen LogP contribution in [0.3, 0.4) is 0 Å². The molecule has 0 fully saturated rings. The second-order valence-corrected chi connectivity index (χ2v) is 6.62. The van der Waals surface area contributed by atoms with Crippen LogP contribution in [0.25, 0.3) is 0 Å². The molecule has 0 radical (unpaired) electrons. The summed E-state index contributed by atoms with van der Waals surface area (Å²) in [5.74, 6) is 1.65. The van der Waals surface area contributed by atoms with E-state index in [0.29, 0.717) is 37.1 Å². The average Bonchev–Trinajstić information content (AvgIpc) is 3.12. The number of carbonyl (C=O) groups is 1. The van der Waals surface area contributed by atoms with E-state index < -0.39 is 0 Å². The third kappa shape index (κ3) is 7.87. The largest absolute Gasteiger partial charge is 0.359 e. The van der Waals surface area contributed by atoms with Crippen molar-refractivity contribution in [3.8, 4) is 0 Å². The van der Waals surface area contributed by atoms with Gasteiger partial charge in [0.25, 0.3) is 5.91 Å². The van der Waals surface area contributed by atoms with Gasteiger partial charge in [0, 0.05) is 31.3 Å². The standard InChI is InChI=1S/C20H29N5O2.HI/c1-5-21-20(24-13-17-12-18(14(2)3)25-27-17)23-10-9-22-19(26)16-8-6-7-15(4)11-16;/h6-8,11-12,14H,5,9-10,13H2,1-4H3,(H,22,26)(H2,21,23,24);1H. The van der Waals surface area contributed by atoms with Gasteiger partial charge in [-0.1, -0.05) is 36.7 Å². The Morgan fingerprint density at radius 2 is 1.93 bits per heavy atom. The quantitative estimate of drug-likeness (QED) is 0.225. The summed E-state index contributed by atoms with van der Waals surface area (Å²) in [6.45, 7) is 10.3. The first-order valence-electron chi connectivity index (χ1n) is 9.32. The van der Waals surface area contributed by atoms with Crippen molar-refractivity contribution >= 4 is 35.8 Å². The minimum Gasteiger partial charge on any atom is -0.359 e. The molecule has 1 heterocycles. The first-order valence-corrected chi connectivity index (χ1v) is 9.32. The maximum absolute atomic E-state index is 12.1. The number of hydrogen-bond donors (Lipinski definition) is 3. The van der Waals surface area contributed by atoms with Crippen LogP contribution in [0.1, 0.15) is 54.1 Å². The maximum atomic E-state index is 12.1. The molecule has 0 bridgehead atoms. The SMILES string of the molecule is CCNC(=NCc1cc(C(C)C)no1)NCCNC(=O)c1cccc(C)c1.I. The first kappa shape index (κ1) is 23.9. The van der Waals surface area contributed by atoms with Crippen LogP contribution in [0.4, 0.5) is 0 Å². The molecule has 28 heavy (non-hydrogen) atoms. The van der Waals surface area contributed by atoms with Crippen LogP contribution in [-0.4, -0.2) is 36.7 Å². The van der Waals surface area contributed by atoms with Gasteiger partial charge in [0.15, 0.2) is 11.7 Å². The fraction of sp³-hybridized carbons (Fsp3) is 0.450. The van der Waals surface area contributed by atoms with E-state index >= 15 is 0 Å². The highest BCUT2D eigenvalue weighted by molar-refractivity contribution is 14.0. The Labute approximate surface area is 183 Å². The van der Waals surface area contributed by atoms with Gasteiger partial charge in [-0.05, 0) is 31.9 Å². The van der Waals surface area contributed by atoms with E-state index in [2.05, 4.69) is 39.9 Å². The van der Waals surface area contributed by atoms with Crippen LogP contribution < -0.4 is 16.0 Å². The van der Waals surface area contributed by atoms with Gasteiger partial charge in [0.1, 0.15) is 6.54 Å². The summed E-state index contributed by atoms with van der Waals surface area (Å²) in [6.07, 6.45) is 0. The predicted molar refractivity (Wildman–Crippen MR) is 122 cm³/mol. The Balaban J connectivity index is 0.00000392. The molecule has 3 N–H and O–H groups in total. The molecule has 0 atom stereocenters. The van der Waals surface area contributed by atoms with Gasteiger partial charge in [-0.15, -0.1) is 24.0 Å². The highest BCUT2D eigenvalue weighted by Gasteiger charge is 2.08. The second-order valence-electron chi connectivity index (χ2n) is 6.62. The fourth-order valence-corrected chi connectivity index (χ4v) is 2.42. The number of nitrogens with one attached hydrogen (secondary N) is 3. The molecule has 0 aliphatic carbocycles. The number of aliphatic imine (C=N–C) groups is 1. The van der Waals surface area contributed by atoms with Crippen molar-refractivity contribution < 1.29 is 9.32 Å². The molecule has 0 aliphatic heterocycles. The number of halogens is 1. The number of nitrogens with zero attached hydrogens (tertiary/aromatic N) is 2. The van der Waals surface area contributed by atoms with Crippen molar-refractivity contribution in [1.29, 1.82) is 0 Å². The summed E-state index contributed by atoms with van der Waals surface area (Å²) in [5, 5.41) is 13.3. The zero-order chi connectivity index (χ0) is 19.6. The number of guanidine groups is 1. The minimum atomic E-state index is -0.0784. The molecular formula is C20H30IN5O2. The number of amides is 1. The maximum Gasteiger partial charge on any atom is 0.251 e. The van der Waals surface area contributed by atoms with Gasteiger partial charge in [-0.25, -0.2) is 4.99 Å². The molecule has 154 valence electrons. The van der Waals surface area contributed by atoms with Crippen molar-refractivity contribution in [2.75, 3.05) is 19.6 Å². The summed E-state index contributed by atoms with van der Waals surface area (Å²) < 4.78 is 5.30. The van der Waals surface area contributed by atoms with Crippen molar-refractivity contribution in [2.45, 2.75) is 40.2 Å². The minimum absolute atomic E-state index is 0. The lowest BCUT2D eigenvalue weighted by Crippen LogP contribution is -2.41. The monoisotopic (exact) mass is 499 g/mol. The van der Waals surface area contributed by atoms with Crippen LogP contribution in [0.2, 0.25) is 0 Å². The van der Waals surface area contributed by atoms with Gasteiger partial charge < -0.3 is 20.5 Å². The molecule has 0 unspecified atom stereocenters. The van der Waals surface area contributed by atoms with E-state index in [1.807, 2.05) is 44.2 Å². The molecule has 1 amide bonds. The van der Waals surface area contributed by atoms with Crippen LogP contribution in [0.15, 0.2) is 39.8 Å². The Morgan fingerprint density at radius 3 is 2.57 bits per heavy atom. The van der Waals surface area contributed by atoms with Gasteiger partial charge in [0.05, 0.1) is 5.69 Å². The number of carbonyl (C=O) groups excluding carboxylic acids is 1. The fourth-order valence-electron chi connectivity index (χ4n) is 2.42. The smallest absolute Gasteiger partial charge is 0.251 e. The predicted octanol–water partition coefficient (Wildman–Crippen LogP) is 3.21. The van der Waals surface area contributed by atoms with E-state index in [1.165, 1.54) is 0 Å². The molecule has 0 aliphatic rings. The lowest BCUT2D eigenvalue weighted by molar-refractivity contribution is 0.0954. The van der Waals surface area contributed by atoms with Gasteiger partial charge in [0.2, 0.25) is 0 Å². The summed E-state index contributed by atoms with van der Waals surface area (Å²) in [5.41, 5.74) is 2.66. The summed E-state index contributed by atoms with van der Waals surface area (Å²) in [4.78, 5) is 16.6. The zero-order valence-corrected chi connectivity index (χ0v) is 19.2. The van der Waals surface area contributed by atoms with Crippen LogP contribution >= 0.6 is 24.0 Å². The first-order chi connectivity index (χ1) is 13.0. The van der Waals surface area contributed by atoms with Gasteiger partial charge in [-0.3, -0.25) is 4.79 Å². The summed E-state index contributed by atoms with van der Waals surface area (Å²) in [7, 11) is 0. The third-order valence-corrected chi connectivity index (χ3v) is 3.89. The summed E-state index contributed by atoms with van der Waals surface area (Å²) >= 11 is 0. The Hall–Kier alpha value is -2.10. The van der Waals surface area contributed by atoms with Crippen molar-refractivity contribution in [1.82, 2.24) is 21.1 Å². The van der Waals surface area contributed by atoms with E-state index in [1.54, 1.807) is 0 Å². The third-order valence-electron chi connectivity index (χ3n) is 3.89. The van der Waals surface area contributed by atoms with Gasteiger partial charge in [-0.2, -0.15) is 0 Å². The van der Waals surface area contributed by atoms with E-state index in [-0.39, 0.29) is 29.9 Å². The number of aryl methyl sites for hydroxylation is 1. The topological polar surface area (TPSA) is 91.6 Å². The normalized spacial score (nSPS) is 11.1. The number of benzene rings is 1.